The summed E-state index contributed by atoms with van der Waals surface area (Å²) >= 11 is 5.97. The molecule has 4 rings (SSSR count). The molecule has 1 aliphatic heterocycles. The van der Waals surface area contributed by atoms with Gasteiger partial charge in [0.25, 0.3) is 0 Å². The number of halogens is 1. The number of hydrogen-bond acceptors (Lipinski definition) is 6. The SMILES string of the molecule is C=CC(=O)N1CCC(Oc2cc3c(Nc4cccc(CCl)c4)ncnc3cc2OC)CC1. The van der Waals surface area contributed by atoms with Gasteiger partial charge >= 0.3 is 0 Å². The predicted molar refractivity (Wildman–Crippen MR) is 126 cm³/mol. The molecule has 1 N–H and O–H groups in total. The number of rotatable bonds is 7. The lowest BCUT2D eigenvalue weighted by atomic mass is 10.1. The molecule has 166 valence electrons. The Balaban J connectivity index is 1.59. The molecule has 0 aliphatic carbocycles. The second-order valence-corrected chi connectivity index (χ2v) is 7.82. The topological polar surface area (TPSA) is 76.6 Å². The van der Waals surface area contributed by atoms with Gasteiger partial charge in [-0.3, -0.25) is 4.79 Å². The largest absolute Gasteiger partial charge is 0.493 e. The van der Waals surface area contributed by atoms with Gasteiger partial charge in [-0.25, -0.2) is 9.97 Å². The second-order valence-electron chi connectivity index (χ2n) is 7.55. The molecular formula is C24H25ClN4O3. The van der Waals surface area contributed by atoms with Crippen molar-refractivity contribution in [3.8, 4) is 11.5 Å². The first-order valence-electron chi connectivity index (χ1n) is 10.4. The number of methoxy groups -OCH3 is 1. The van der Waals surface area contributed by atoms with Crippen LogP contribution in [-0.4, -0.2) is 47.1 Å². The smallest absolute Gasteiger partial charge is 0.245 e. The van der Waals surface area contributed by atoms with Crippen molar-refractivity contribution >= 4 is 39.9 Å². The van der Waals surface area contributed by atoms with Crippen LogP contribution in [0.15, 0.2) is 55.4 Å². The summed E-state index contributed by atoms with van der Waals surface area (Å²) in [6, 6.07) is 11.6. The third-order valence-corrected chi connectivity index (χ3v) is 5.80. The van der Waals surface area contributed by atoms with E-state index < -0.39 is 0 Å². The Morgan fingerprint density at radius 1 is 1.25 bits per heavy atom. The number of piperidine rings is 1. The molecule has 1 amide bonds. The van der Waals surface area contributed by atoms with Gasteiger partial charge in [0.05, 0.1) is 12.6 Å². The van der Waals surface area contributed by atoms with E-state index in [0.29, 0.717) is 36.3 Å². The molecule has 2 heterocycles. The molecule has 1 saturated heterocycles. The summed E-state index contributed by atoms with van der Waals surface area (Å²) in [5.74, 6) is 2.29. The van der Waals surface area contributed by atoms with Gasteiger partial charge < -0.3 is 19.7 Å². The fraction of sp³-hybridized carbons (Fsp3) is 0.292. The van der Waals surface area contributed by atoms with Crippen molar-refractivity contribution in [3.63, 3.8) is 0 Å². The summed E-state index contributed by atoms with van der Waals surface area (Å²) in [6.07, 6.45) is 4.33. The number of benzene rings is 2. The van der Waals surface area contributed by atoms with Crippen molar-refractivity contribution < 1.29 is 14.3 Å². The third kappa shape index (κ3) is 4.78. The van der Waals surface area contributed by atoms with E-state index in [9.17, 15) is 4.79 Å². The molecule has 1 aliphatic rings. The zero-order valence-corrected chi connectivity index (χ0v) is 18.6. The van der Waals surface area contributed by atoms with Crippen molar-refractivity contribution in [1.29, 1.82) is 0 Å². The number of carbonyl (C=O) groups excluding carboxylic acids is 1. The van der Waals surface area contributed by atoms with E-state index in [2.05, 4.69) is 21.9 Å². The number of anilines is 2. The first-order chi connectivity index (χ1) is 15.6. The summed E-state index contributed by atoms with van der Waals surface area (Å²) in [5.41, 5.74) is 2.65. The first-order valence-corrected chi connectivity index (χ1v) is 11.0. The summed E-state index contributed by atoms with van der Waals surface area (Å²) < 4.78 is 11.9. The standard InChI is InChI=1S/C24H25ClN4O3/c1-3-23(30)29-9-7-18(8-10-29)32-22-12-19-20(13-21(22)31-2)26-15-27-24(19)28-17-6-4-5-16(11-17)14-25/h3-6,11-13,15,18H,1,7-10,14H2,2H3,(H,26,27,28). The average molecular weight is 453 g/mol. The van der Waals surface area contributed by atoms with Crippen LogP contribution in [0.5, 0.6) is 11.5 Å². The third-order valence-electron chi connectivity index (χ3n) is 5.49. The number of fused-ring (bicyclic) bond motifs is 1. The number of hydrogen-bond donors (Lipinski definition) is 1. The molecule has 1 fully saturated rings. The molecule has 7 nitrogen and oxygen atoms in total. The Bertz CT molecular complexity index is 1130. The monoisotopic (exact) mass is 452 g/mol. The van der Waals surface area contributed by atoms with Crippen LogP contribution in [0, 0.1) is 0 Å². The summed E-state index contributed by atoms with van der Waals surface area (Å²) in [6.45, 7) is 4.83. The Labute approximate surface area is 192 Å². The maximum absolute atomic E-state index is 11.8. The Morgan fingerprint density at radius 2 is 2.06 bits per heavy atom. The fourth-order valence-corrected chi connectivity index (χ4v) is 3.95. The number of ether oxygens (including phenoxy) is 2. The fourth-order valence-electron chi connectivity index (χ4n) is 3.79. The zero-order chi connectivity index (χ0) is 22.5. The number of aromatic nitrogens is 2. The van der Waals surface area contributed by atoms with Crippen molar-refractivity contribution in [1.82, 2.24) is 14.9 Å². The molecule has 0 saturated carbocycles. The van der Waals surface area contributed by atoms with E-state index in [4.69, 9.17) is 21.1 Å². The molecule has 0 bridgehead atoms. The van der Waals surface area contributed by atoms with E-state index in [1.165, 1.54) is 12.4 Å². The number of nitrogens with zero attached hydrogens (tertiary/aromatic N) is 3. The van der Waals surface area contributed by atoms with E-state index in [1.54, 1.807) is 12.0 Å². The second kappa shape index (κ2) is 9.87. The number of carbonyl (C=O) groups is 1. The van der Waals surface area contributed by atoms with Gasteiger partial charge in [-0.05, 0) is 29.8 Å². The number of nitrogens with one attached hydrogen (secondary N) is 1. The molecule has 0 spiro atoms. The summed E-state index contributed by atoms with van der Waals surface area (Å²) in [7, 11) is 1.61. The van der Waals surface area contributed by atoms with E-state index in [0.717, 1.165) is 35.0 Å². The van der Waals surface area contributed by atoms with Gasteiger partial charge in [0.15, 0.2) is 11.5 Å². The highest BCUT2D eigenvalue weighted by molar-refractivity contribution is 6.17. The van der Waals surface area contributed by atoms with Crippen LogP contribution in [0.4, 0.5) is 11.5 Å². The minimum Gasteiger partial charge on any atom is -0.493 e. The maximum atomic E-state index is 11.8. The molecule has 1 aromatic heterocycles. The maximum Gasteiger partial charge on any atom is 0.245 e. The Hall–Kier alpha value is -3.32. The Morgan fingerprint density at radius 3 is 2.78 bits per heavy atom. The molecule has 2 aromatic carbocycles. The van der Waals surface area contributed by atoms with Crippen molar-refractivity contribution in [2.75, 3.05) is 25.5 Å². The Kier molecular flexibility index (Phi) is 6.75. The lowest BCUT2D eigenvalue weighted by molar-refractivity contribution is -0.127. The number of alkyl halides is 1. The van der Waals surface area contributed by atoms with E-state index >= 15 is 0 Å². The summed E-state index contributed by atoms with van der Waals surface area (Å²) in [5, 5.41) is 4.17. The quantitative estimate of drug-likeness (QED) is 0.414. The van der Waals surface area contributed by atoms with Gasteiger partial charge in [-0.15, -0.1) is 11.6 Å². The molecule has 32 heavy (non-hydrogen) atoms. The zero-order valence-electron chi connectivity index (χ0n) is 17.9. The van der Waals surface area contributed by atoms with Crippen LogP contribution in [0.2, 0.25) is 0 Å². The number of amides is 1. The van der Waals surface area contributed by atoms with Crippen LogP contribution < -0.4 is 14.8 Å². The highest BCUT2D eigenvalue weighted by Gasteiger charge is 2.24. The summed E-state index contributed by atoms with van der Waals surface area (Å²) in [4.78, 5) is 22.4. The highest BCUT2D eigenvalue weighted by Crippen LogP contribution is 2.36. The van der Waals surface area contributed by atoms with Gasteiger partial charge in [-0.2, -0.15) is 0 Å². The lowest BCUT2D eigenvalue weighted by Crippen LogP contribution is -2.41. The number of likely N-dealkylation sites (tertiary alicyclic amines) is 1. The van der Waals surface area contributed by atoms with Crippen molar-refractivity contribution in [3.05, 3.63) is 60.9 Å². The van der Waals surface area contributed by atoms with Gasteiger partial charge in [0, 0.05) is 49.0 Å². The molecule has 3 aromatic rings. The van der Waals surface area contributed by atoms with E-state index in [-0.39, 0.29) is 12.0 Å². The minimum absolute atomic E-state index is 0.0170. The van der Waals surface area contributed by atoms with Gasteiger partial charge in [-0.1, -0.05) is 18.7 Å². The van der Waals surface area contributed by atoms with Crippen LogP contribution in [0.3, 0.4) is 0 Å². The highest BCUT2D eigenvalue weighted by atomic mass is 35.5. The van der Waals surface area contributed by atoms with Crippen molar-refractivity contribution in [2.24, 2.45) is 0 Å². The predicted octanol–water partition coefficient (Wildman–Crippen LogP) is 4.68. The van der Waals surface area contributed by atoms with E-state index in [1.807, 2.05) is 36.4 Å². The van der Waals surface area contributed by atoms with Gasteiger partial charge in [0.2, 0.25) is 5.91 Å². The molecule has 0 unspecified atom stereocenters. The van der Waals surface area contributed by atoms with Crippen LogP contribution in [0.1, 0.15) is 18.4 Å². The van der Waals surface area contributed by atoms with Crippen LogP contribution in [-0.2, 0) is 10.7 Å². The molecule has 0 atom stereocenters. The average Bonchev–Trinajstić information content (AvgIpc) is 2.84. The molecular weight excluding hydrogens is 428 g/mol. The normalized spacial score (nSPS) is 14.2. The van der Waals surface area contributed by atoms with Crippen molar-refractivity contribution in [2.45, 2.75) is 24.8 Å². The van der Waals surface area contributed by atoms with Gasteiger partial charge in [0.1, 0.15) is 18.2 Å². The lowest BCUT2D eigenvalue weighted by Gasteiger charge is -2.31. The van der Waals surface area contributed by atoms with Crippen LogP contribution >= 0.6 is 11.6 Å². The minimum atomic E-state index is -0.0437. The molecule has 0 radical (unpaired) electrons. The molecule has 8 heteroatoms. The first kappa shape index (κ1) is 21.9. The van der Waals surface area contributed by atoms with Crippen LogP contribution in [0.25, 0.3) is 10.9 Å².